The Morgan fingerprint density at radius 3 is 2.70 bits per heavy atom. The van der Waals surface area contributed by atoms with Crippen molar-refractivity contribution in [2.45, 2.75) is 20.4 Å². The van der Waals surface area contributed by atoms with Gasteiger partial charge in [-0.25, -0.2) is 9.78 Å². The summed E-state index contributed by atoms with van der Waals surface area (Å²) in [6, 6.07) is 14.1. The van der Waals surface area contributed by atoms with Crippen molar-refractivity contribution in [3.05, 3.63) is 80.7 Å². The molecule has 0 aliphatic rings. The molecule has 0 unspecified atom stereocenters. The number of hydrogen-bond acceptors (Lipinski definition) is 5. The second kappa shape index (κ2) is 8.25. The normalized spacial score (nSPS) is 10.9. The van der Waals surface area contributed by atoms with Crippen LogP contribution < -0.4 is 16.2 Å². The number of amides is 2. The predicted octanol–water partition coefficient (Wildman–Crippen LogP) is 4.41. The first-order chi connectivity index (χ1) is 14.4. The molecule has 2 amide bonds. The van der Waals surface area contributed by atoms with Crippen molar-refractivity contribution in [2.75, 3.05) is 5.32 Å². The van der Waals surface area contributed by atoms with E-state index >= 15 is 0 Å². The molecule has 0 aliphatic heterocycles. The monoisotopic (exact) mass is 439 g/mol. The van der Waals surface area contributed by atoms with Gasteiger partial charge in [-0.2, -0.15) is 9.61 Å². The molecule has 2 aromatic carbocycles. The van der Waals surface area contributed by atoms with Crippen molar-refractivity contribution in [1.82, 2.24) is 19.9 Å². The van der Waals surface area contributed by atoms with E-state index in [1.807, 2.05) is 44.2 Å². The third-order valence-electron chi connectivity index (χ3n) is 4.53. The summed E-state index contributed by atoms with van der Waals surface area (Å²) < 4.78 is 1.28. The van der Waals surface area contributed by atoms with Crippen molar-refractivity contribution >= 4 is 39.6 Å². The Bertz CT molecular complexity index is 1310. The minimum Gasteiger partial charge on any atom is -0.332 e. The summed E-state index contributed by atoms with van der Waals surface area (Å²) in [4.78, 5) is 29.6. The lowest BCUT2D eigenvalue weighted by atomic mass is 10.1. The highest BCUT2D eigenvalue weighted by Crippen LogP contribution is 2.27. The van der Waals surface area contributed by atoms with E-state index in [4.69, 9.17) is 11.6 Å². The van der Waals surface area contributed by atoms with Crippen molar-refractivity contribution < 1.29 is 4.79 Å². The molecule has 0 bridgehead atoms. The second-order valence-corrected chi connectivity index (χ2v) is 8.14. The molecule has 2 heterocycles. The molecule has 0 fully saturated rings. The van der Waals surface area contributed by atoms with Crippen LogP contribution in [-0.2, 0) is 6.54 Å². The summed E-state index contributed by atoms with van der Waals surface area (Å²) in [5.74, 6) is 0. The Morgan fingerprint density at radius 1 is 1.13 bits per heavy atom. The van der Waals surface area contributed by atoms with Crippen LogP contribution in [0.25, 0.3) is 15.5 Å². The van der Waals surface area contributed by atoms with E-state index in [-0.39, 0.29) is 12.1 Å². The van der Waals surface area contributed by atoms with E-state index in [2.05, 4.69) is 20.7 Å². The van der Waals surface area contributed by atoms with Gasteiger partial charge in [0.25, 0.3) is 5.56 Å². The minimum absolute atomic E-state index is 0.106. The van der Waals surface area contributed by atoms with Gasteiger partial charge in [0, 0.05) is 22.3 Å². The van der Waals surface area contributed by atoms with E-state index in [1.54, 1.807) is 12.1 Å². The number of nitrogens with one attached hydrogen (secondary N) is 2. The maximum absolute atomic E-state index is 12.5. The number of carbonyl (C=O) groups excluding carboxylic acids is 1. The zero-order valence-electron chi connectivity index (χ0n) is 16.3. The molecule has 30 heavy (non-hydrogen) atoms. The number of rotatable bonds is 4. The summed E-state index contributed by atoms with van der Waals surface area (Å²) in [7, 11) is 0. The highest BCUT2D eigenvalue weighted by molar-refractivity contribution is 7.19. The average molecular weight is 440 g/mol. The molecule has 4 rings (SSSR count). The largest absolute Gasteiger partial charge is 0.332 e. The van der Waals surface area contributed by atoms with Crippen molar-refractivity contribution in [3.63, 3.8) is 0 Å². The van der Waals surface area contributed by atoms with Gasteiger partial charge < -0.3 is 10.6 Å². The van der Waals surface area contributed by atoms with Gasteiger partial charge in [0.1, 0.15) is 5.01 Å². The van der Waals surface area contributed by atoms with Gasteiger partial charge in [-0.1, -0.05) is 53.3 Å². The number of nitrogens with zero attached hydrogens (tertiary/aromatic N) is 3. The number of anilines is 1. The second-order valence-electron chi connectivity index (χ2n) is 6.77. The first-order valence-electron chi connectivity index (χ1n) is 9.17. The third-order valence-corrected chi connectivity index (χ3v) is 5.88. The number of urea groups is 1. The SMILES string of the molecule is Cc1ccc(NC(=O)NCc2cc(=O)n3nc(-c4ccccc4C)sc3n2)cc1Cl. The highest BCUT2D eigenvalue weighted by atomic mass is 35.5. The van der Waals surface area contributed by atoms with Gasteiger partial charge in [-0.3, -0.25) is 4.79 Å². The summed E-state index contributed by atoms with van der Waals surface area (Å²) in [6.07, 6.45) is 0. The Morgan fingerprint density at radius 2 is 1.93 bits per heavy atom. The van der Waals surface area contributed by atoms with E-state index < -0.39 is 6.03 Å². The van der Waals surface area contributed by atoms with Crippen molar-refractivity contribution in [1.29, 1.82) is 0 Å². The number of carbonyl (C=O) groups is 1. The molecule has 0 aliphatic carbocycles. The molecule has 0 radical (unpaired) electrons. The fourth-order valence-electron chi connectivity index (χ4n) is 2.89. The Kier molecular flexibility index (Phi) is 5.52. The summed E-state index contributed by atoms with van der Waals surface area (Å²) in [5, 5.41) is 11.1. The number of aryl methyl sites for hydroxylation is 2. The topological polar surface area (TPSA) is 88.4 Å². The van der Waals surface area contributed by atoms with Crippen LogP contribution in [0.2, 0.25) is 5.02 Å². The smallest absolute Gasteiger partial charge is 0.319 e. The Labute approximate surface area is 181 Å². The van der Waals surface area contributed by atoms with Gasteiger partial charge in [0.05, 0.1) is 12.2 Å². The number of halogens is 1. The molecular weight excluding hydrogens is 422 g/mol. The quantitative estimate of drug-likeness (QED) is 0.493. The number of fused-ring (bicyclic) bond motifs is 1. The van der Waals surface area contributed by atoms with Gasteiger partial charge >= 0.3 is 6.03 Å². The molecule has 9 heteroatoms. The van der Waals surface area contributed by atoms with Gasteiger partial charge in [-0.05, 0) is 37.1 Å². The van der Waals surface area contributed by atoms with Crippen molar-refractivity contribution in [3.8, 4) is 10.6 Å². The summed E-state index contributed by atoms with van der Waals surface area (Å²) >= 11 is 7.41. The molecule has 0 spiro atoms. The van der Waals surface area contributed by atoms with Crippen LogP contribution in [0.15, 0.2) is 53.3 Å². The zero-order valence-corrected chi connectivity index (χ0v) is 17.8. The maximum Gasteiger partial charge on any atom is 0.319 e. The fraction of sp³-hybridized carbons (Fsp3) is 0.143. The van der Waals surface area contributed by atoms with E-state index in [0.717, 1.165) is 21.7 Å². The maximum atomic E-state index is 12.5. The molecule has 152 valence electrons. The van der Waals surface area contributed by atoms with Crippen LogP contribution in [0.1, 0.15) is 16.8 Å². The third kappa shape index (κ3) is 4.19. The van der Waals surface area contributed by atoms with Crippen LogP contribution in [0.5, 0.6) is 0 Å². The van der Waals surface area contributed by atoms with Crippen LogP contribution in [0, 0.1) is 13.8 Å². The lowest BCUT2D eigenvalue weighted by Crippen LogP contribution is -2.29. The molecule has 4 aromatic rings. The fourth-order valence-corrected chi connectivity index (χ4v) is 4.08. The van der Waals surface area contributed by atoms with E-state index in [0.29, 0.717) is 21.4 Å². The van der Waals surface area contributed by atoms with Crippen LogP contribution in [0.3, 0.4) is 0 Å². The number of hydrogen-bond donors (Lipinski definition) is 2. The van der Waals surface area contributed by atoms with Gasteiger partial charge in [0.15, 0.2) is 0 Å². The Balaban J connectivity index is 1.50. The summed E-state index contributed by atoms with van der Waals surface area (Å²) in [6.45, 7) is 3.98. The molecule has 2 N–H and O–H groups in total. The van der Waals surface area contributed by atoms with Crippen molar-refractivity contribution in [2.24, 2.45) is 0 Å². The van der Waals surface area contributed by atoms with Crippen LogP contribution >= 0.6 is 22.9 Å². The van der Waals surface area contributed by atoms with Crippen LogP contribution in [-0.4, -0.2) is 20.6 Å². The minimum atomic E-state index is -0.415. The highest BCUT2D eigenvalue weighted by Gasteiger charge is 2.12. The molecular formula is C21H18ClN5O2S. The molecule has 7 nitrogen and oxygen atoms in total. The molecule has 0 atom stereocenters. The average Bonchev–Trinajstić information content (AvgIpc) is 3.14. The zero-order chi connectivity index (χ0) is 21.3. The van der Waals surface area contributed by atoms with Gasteiger partial charge in [0.2, 0.25) is 4.96 Å². The summed E-state index contributed by atoms with van der Waals surface area (Å²) in [5.41, 5.74) is 3.70. The molecule has 0 saturated carbocycles. The molecule has 0 saturated heterocycles. The first-order valence-corrected chi connectivity index (χ1v) is 10.4. The van der Waals surface area contributed by atoms with Gasteiger partial charge in [-0.15, -0.1) is 0 Å². The lowest BCUT2D eigenvalue weighted by molar-refractivity contribution is 0.251. The molecule has 2 aromatic heterocycles. The predicted molar refractivity (Wildman–Crippen MR) is 119 cm³/mol. The Hall–Kier alpha value is -3.23. The van der Waals surface area contributed by atoms with E-state index in [9.17, 15) is 9.59 Å². The van der Waals surface area contributed by atoms with Crippen LogP contribution in [0.4, 0.5) is 10.5 Å². The lowest BCUT2D eigenvalue weighted by Gasteiger charge is -2.08. The number of benzene rings is 2. The first kappa shape index (κ1) is 20.1. The standard InChI is InChI=1S/C21H18ClN5O2S/c1-12-5-3-4-6-16(12)19-26-27-18(28)10-15(25-21(27)30-19)11-23-20(29)24-14-8-7-13(2)17(22)9-14/h3-10H,11H2,1-2H3,(H2,23,24,29). The number of aromatic nitrogens is 3. The van der Waals surface area contributed by atoms with E-state index in [1.165, 1.54) is 21.9 Å².